The fourth-order valence-corrected chi connectivity index (χ4v) is 2.28. The number of rotatable bonds is 2. The maximum atomic E-state index is 12.7. The highest BCUT2D eigenvalue weighted by atomic mass is 35.5. The van der Waals surface area contributed by atoms with Gasteiger partial charge in [0.05, 0.1) is 20.8 Å². The summed E-state index contributed by atoms with van der Waals surface area (Å²) in [6, 6.07) is 4.29. The molecule has 0 atom stereocenters. The maximum absolute atomic E-state index is 12.7. The van der Waals surface area contributed by atoms with E-state index in [2.05, 4.69) is 4.98 Å². The van der Waals surface area contributed by atoms with Crippen LogP contribution in [0.15, 0.2) is 24.3 Å². The van der Waals surface area contributed by atoms with E-state index in [4.69, 9.17) is 34.8 Å². The predicted molar refractivity (Wildman–Crippen MR) is 75.1 cm³/mol. The zero-order chi connectivity index (χ0) is 15.8. The van der Waals surface area contributed by atoms with Crippen molar-refractivity contribution in [3.05, 3.63) is 50.6 Å². The average molecular weight is 355 g/mol. The third kappa shape index (κ3) is 3.31. The fourth-order valence-electron chi connectivity index (χ4n) is 1.64. The Bertz CT molecular complexity index is 717. The Kier molecular flexibility index (Phi) is 4.46. The second-order valence-corrected chi connectivity index (χ2v) is 5.22. The van der Waals surface area contributed by atoms with E-state index in [9.17, 15) is 18.0 Å². The number of hydrogen-bond donors (Lipinski definition) is 0. The largest absolute Gasteiger partial charge is 0.433 e. The first-order chi connectivity index (χ1) is 9.74. The zero-order valence-electron chi connectivity index (χ0n) is 10.0. The monoisotopic (exact) mass is 353 g/mol. The van der Waals surface area contributed by atoms with Crippen molar-refractivity contribution in [3.63, 3.8) is 0 Å². The highest BCUT2D eigenvalue weighted by Crippen LogP contribution is 2.37. The fraction of sp³-hybridized carbons (Fsp3) is 0.0769. The number of aromatic nitrogens is 1. The van der Waals surface area contributed by atoms with Gasteiger partial charge in [-0.2, -0.15) is 13.2 Å². The number of nitrogens with zero attached hydrogens (tertiary/aromatic N) is 1. The minimum atomic E-state index is -4.64. The number of halogens is 6. The molecule has 0 N–H and O–H groups in total. The minimum Gasteiger partial charge on any atom is -0.298 e. The molecule has 0 spiro atoms. The molecule has 0 fully saturated rings. The molecule has 0 saturated carbocycles. The van der Waals surface area contributed by atoms with E-state index < -0.39 is 11.9 Å². The molecule has 21 heavy (non-hydrogen) atoms. The summed E-state index contributed by atoms with van der Waals surface area (Å²) >= 11 is 17.5. The quantitative estimate of drug-likeness (QED) is 0.523. The lowest BCUT2D eigenvalue weighted by Gasteiger charge is -2.12. The summed E-state index contributed by atoms with van der Waals surface area (Å²) < 4.78 is 38.2. The molecule has 1 aromatic carbocycles. The topological polar surface area (TPSA) is 30.0 Å². The molecule has 8 heteroatoms. The molecule has 0 aliphatic carbocycles. The van der Waals surface area contributed by atoms with Crippen molar-refractivity contribution in [2.45, 2.75) is 6.18 Å². The van der Waals surface area contributed by atoms with Gasteiger partial charge in [0.15, 0.2) is 6.29 Å². The highest BCUT2D eigenvalue weighted by molar-refractivity contribution is 6.44. The van der Waals surface area contributed by atoms with E-state index in [1.807, 2.05) is 0 Å². The van der Waals surface area contributed by atoms with Gasteiger partial charge in [0.1, 0.15) is 5.69 Å². The smallest absolute Gasteiger partial charge is 0.298 e. The Balaban J connectivity index is 2.72. The van der Waals surface area contributed by atoms with Crippen LogP contribution in [-0.4, -0.2) is 11.3 Å². The van der Waals surface area contributed by atoms with Gasteiger partial charge in [0, 0.05) is 11.1 Å². The lowest BCUT2D eigenvalue weighted by atomic mass is 10.1. The molecule has 1 heterocycles. The van der Waals surface area contributed by atoms with Gasteiger partial charge in [-0.05, 0) is 24.3 Å². The van der Waals surface area contributed by atoms with Crippen molar-refractivity contribution < 1.29 is 18.0 Å². The Morgan fingerprint density at radius 2 is 1.62 bits per heavy atom. The van der Waals surface area contributed by atoms with Gasteiger partial charge >= 0.3 is 6.18 Å². The number of aldehydes is 1. The Morgan fingerprint density at radius 1 is 1.00 bits per heavy atom. The van der Waals surface area contributed by atoms with E-state index in [0.29, 0.717) is 6.29 Å². The van der Waals surface area contributed by atoms with Crippen LogP contribution in [0.1, 0.15) is 16.1 Å². The van der Waals surface area contributed by atoms with Crippen molar-refractivity contribution >= 4 is 41.1 Å². The van der Waals surface area contributed by atoms with Gasteiger partial charge in [-0.1, -0.05) is 34.8 Å². The van der Waals surface area contributed by atoms with Crippen LogP contribution in [0.4, 0.5) is 13.2 Å². The number of alkyl halides is 3. The van der Waals surface area contributed by atoms with Crippen molar-refractivity contribution in [1.29, 1.82) is 0 Å². The third-order valence-corrected chi connectivity index (χ3v) is 3.64. The molecule has 0 amide bonds. The minimum absolute atomic E-state index is 0.0386. The standard InChI is InChI=1S/C13H5Cl3F3NO/c14-8-4-10(16)9(15)3-7(8)12-6(5-21)1-2-11(20-12)13(17,18)19/h1-5H. The van der Waals surface area contributed by atoms with E-state index in [0.717, 1.165) is 12.1 Å². The molecule has 2 nitrogen and oxygen atoms in total. The molecule has 110 valence electrons. The van der Waals surface area contributed by atoms with Gasteiger partial charge in [0.2, 0.25) is 0 Å². The Hall–Kier alpha value is -1.30. The zero-order valence-corrected chi connectivity index (χ0v) is 12.3. The number of carbonyl (C=O) groups excluding carboxylic acids is 1. The number of hydrogen-bond acceptors (Lipinski definition) is 2. The number of carbonyl (C=O) groups is 1. The van der Waals surface area contributed by atoms with Gasteiger partial charge in [-0.15, -0.1) is 0 Å². The van der Waals surface area contributed by atoms with Gasteiger partial charge < -0.3 is 0 Å². The second-order valence-electron chi connectivity index (χ2n) is 4.00. The molecule has 2 aromatic rings. The summed E-state index contributed by atoms with van der Waals surface area (Å²) in [7, 11) is 0. The van der Waals surface area contributed by atoms with Gasteiger partial charge in [-0.25, -0.2) is 4.98 Å². The molecular weight excluding hydrogens is 350 g/mol. The SMILES string of the molecule is O=Cc1ccc(C(F)(F)F)nc1-c1cc(Cl)c(Cl)cc1Cl. The number of benzene rings is 1. The Labute approximate surface area is 132 Å². The van der Waals surface area contributed by atoms with Gasteiger partial charge in [-0.3, -0.25) is 4.79 Å². The van der Waals surface area contributed by atoms with Crippen LogP contribution in [0.5, 0.6) is 0 Å². The van der Waals surface area contributed by atoms with E-state index in [1.165, 1.54) is 12.1 Å². The summed E-state index contributed by atoms with van der Waals surface area (Å²) in [5.74, 6) is 0. The van der Waals surface area contributed by atoms with Crippen molar-refractivity contribution in [1.82, 2.24) is 4.98 Å². The van der Waals surface area contributed by atoms with Crippen molar-refractivity contribution in [2.24, 2.45) is 0 Å². The summed E-state index contributed by atoms with van der Waals surface area (Å²) in [6.45, 7) is 0. The van der Waals surface area contributed by atoms with Crippen LogP contribution in [0.25, 0.3) is 11.3 Å². The molecule has 0 saturated heterocycles. The normalized spacial score (nSPS) is 11.5. The molecule has 0 unspecified atom stereocenters. The van der Waals surface area contributed by atoms with Crippen LogP contribution in [-0.2, 0) is 6.18 Å². The molecular formula is C13H5Cl3F3NO. The van der Waals surface area contributed by atoms with Crippen molar-refractivity contribution in [3.8, 4) is 11.3 Å². The van der Waals surface area contributed by atoms with Crippen LogP contribution in [0.3, 0.4) is 0 Å². The summed E-state index contributed by atoms with van der Waals surface area (Å²) in [5, 5.41) is 0.275. The molecule has 0 aliphatic rings. The average Bonchev–Trinajstić information content (AvgIpc) is 2.41. The highest BCUT2D eigenvalue weighted by Gasteiger charge is 2.33. The lowest BCUT2D eigenvalue weighted by Crippen LogP contribution is -2.09. The maximum Gasteiger partial charge on any atom is 0.433 e. The van der Waals surface area contributed by atoms with Crippen LogP contribution in [0, 0.1) is 0 Å². The van der Waals surface area contributed by atoms with E-state index in [1.54, 1.807) is 0 Å². The van der Waals surface area contributed by atoms with Crippen LogP contribution in [0.2, 0.25) is 15.1 Å². The van der Waals surface area contributed by atoms with E-state index in [-0.39, 0.29) is 31.9 Å². The number of pyridine rings is 1. The first kappa shape index (κ1) is 16.1. The molecule has 0 bridgehead atoms. The van der Waals surface area contributed by atoms with Crippen LogP contribution < -0.4 is 0 Å². The van der Waals surface area contributed by atoms with Gasteiger partial charge in [0.25, 0.3) is 0 Å². The molecule has 0 aliphatic heterocycles. The Morgan fingerprint density at radius 3 is 2.19 bits per heavy atom. The molecule has 1 aromatic heterocycles. The second kappa shape index (κ2) is 5.83. The third-order valence-electron chi connectivity index (χ3n) is 2.61. The summed E-state index contributed by atoms with van der Waals surface area (Å²) in [5.41, 5.74) is -1.28. The van der Waals surface area contributed by atoms with Crippen molar-refractivity contribution in [2.75, 3.05) is 0 Å². The molecule has 2 rings (SSSR count). The summed E-state index contributed by atoms with van der Waals surface area (Å²) in [6.07, 6.45) is -4.25. The lowest BCUT2D eigenvalue weighted by molar-refractivity contribution is -0.141. The summed E-state index contributed by atoms with van der Waals surface area (Å²) in [4.78, 5) is 14.5. The first-order valence-corrected chi connectivity index (χ1v) is 6.55. The predicted octanol–water partition coefficient (Wildman–Crippen LogP) is 5.54. The first-order valence-electron chi connectivity index (χ1n) is 5.42. The molecule has 0 radical (unpaired) electrons. The van der Waals surface area contributed by atoms with E-state index >= 15 is 0 Å². The van der Waals surface area contributed by atoms with Crippen LogP contribution >= 0.6 is 34.8 Å².